The topological polar surface area (TPSA) is 83.5 Å². The number of nitrogens with one attached hydrogen (secondary N) is 1. The summed E-state index contributed by atoms with van der Waals surface area (Å²) in [7, 11) is -4.07. The van der Waals surface area contributed by atoms with E-state index in [1.165, 1.54) is 19.1 Å². The molecule has 1 rings (SSSR count). The molecule has 1 unspecified atom stereocenters. The highest BCUT2D eigenvalue weighted by Crippen LogP contribution is 2.18. The molecule has 0 saturated carbocycles. The summed E-state index contributed by atoms with van der Waals surface area (Å²) < 4.78 is 40.2. The fraction of sp³-hybridized carbons (Fsp3) is 0.500. The van der Waals surface area contributed by atoms with Gasteiger partial charge in [-0.2, -0.15) is 0 Å². The van der Waals surface area contributed by atoms with Crippen LogP contribution in [0.5, 0.6) is 0 Å². The molecule has 1 aromatic carbocycles. The van der Waals surface area contributed by atoms with E-state index in [9.17, 15) is 17.6 Å². The molecule has 0 spiro atoms. The first kappa shape index (κ1) is 17.6. The van der Waals surface area contributed by atoms with Gasteiger partial charge >= 0.3 is 5.97 Å². The number of halogens is 1. The summed E-state index contributed by atoms with van der Waals surface area (Å²) in [6, 6.07) is 4.06. The summed E-state index contributed by atoms with van der Waals surface area (Å²) >= 11 is 0. The van der Waals surface area contributed by atoms with Gasteiger partial charge in [0.15, 0.2) is 0 Å². The van der Waals surface area contributed by atoms with Crippen molar-refractivity contribution in [1.82, 2.24) is 4.72 Å². The number of aryl methyl sites for hydroxylation is 1. The van der Waals surface area contributed by atoms with Gasteiger partial charge in [-0.3, -0.25) is 4.79 Å². The van der Waals surface area contributed by atoms with E-state index in [4.69, 9.17) is 5.11 Å². The van der Waals surface area contributed by atoms with E-state index in [1.54, 1.807) is 0 Å². The van der Waals surface area contributed by atoms with Gasteiger partial charge in [0, 0.05) is 6.54 Å². The monoisotopic (exact) mass is 317 g/mol. The maximum absolute atomic E-state index is 13.9. The highest BCUT2D eigenvalue weighted by molar-refractivity contribution is 7.89. The third-order valence-corrected chi connectivity index (χ3v) is 4.51. The van der Waals surface area contributed by atoms with E-state index in [2.05, 4.69) is 4.72 Å². The van der Waals surface area contributed by atoms with Crippen LogP contribution in [-0.4, -0.2) is 26.0 Å². The van der Waals surface area contributed by atoms with Crippen LogP contribution in [0.1, 0.15) is 25.8 Å². The minimum Gasteiger partial charge on any atom is -0.481 e. The number of carbonyl (C=O) groups is 1. The van der Waals surface area contributed by atoms with Gasteiger partial charge in [0.25, 0.3) is 0 Å². The van der Waals surface area contributed by atoms with Crippen molar-refractivity contribution in [3.8, 4) is 0 Å². The van der Waals surface area contributed by atoms with E-state index < -0.39 is 32.6 Å². The average molecular weight is 317 g/mol. The molecule has 0 saturated heterocycles. The Bertz CT molecular complexity index is 613. The Labute approximate surface area is 124 Å². The predicted molar refractivity (Wildman–Crippen MR) is 76.9 cm³/mol. The minimum atomic E-state index is -4.07. The summed E-state index contributed by atoms with van der Waals surface area (Å²) in [6.07, 6.45) is 0.341. The maximum Gasteiger partial charge on any atom is 0.307 e. The molecule has 0 fully saturated rings. The first-order valence-corrected chi connectivity index (χ1v) is 8.11. The second-order valence-corrected chi connectivity index (χ2v) is 7.14. The molecule has 2 N–H and O–H groups in total. The zero-order valence-corrected chi connectivity index (χ0v) is 13.1. The largest absolute Gasteiger partial charge is 0.481 e. The smallest absolute Gasteiger partial charge is 0.307 e. The molecule has 0 aliphatic carbocycles. The lowest BCUT2D eigenvalue weighted by Gasteiger charge is -2.16. The highest BCUT2D eigenvalue weighted by Gasteiger charge is 2.24. The third kappa shape index (κ3) is 4.78. The molecule has 0 heterocycles. The fourth-order valence-corrected chi connectivity index (χ4v) is 3.19. The number of hydrogen-bond acceptors (Lipinski definition) is 3. The van der Waals surface area contributed by atoms with E-state index in [-0.39, 0.29) is 18.0 Å². The Hall–Kier alpha value is -1.47. The van der Waals surface area contributed by atoms with Crippen molar-refractivity contribution in [3.05, 3.63) is 29.6 Å². The summed E-state index contributed by atoms with van der Waals surface area (Å²) in [4.78, 5) is 10.6. The van der Waals surface area contributed by atoms with Crippen LogP contribution < -0.4 is 4.72 Å². The van der Waals surface area contributed by atoms with Crippen molar-refractivity contribution < 1.29 is 22.7 Å². The lowest BCUT2D eigenvalue weighted by molar-refractivity contribution is -0.142. The van der Waals surface area contributed by atoms with Crippen LogP contribution in [0.4, 0.5) is 4.39 Å². The fourth-order valence-electron chi connectivity index (χ4n) is 1.96. The molecule has 0 aromatic heterocycles. The lowest BCUT2D eigenvalue weighted by Crippen LogP contribution is -2.34. The number of carboxylic acids is 1. The van der Waals surface area contributed by atoms with Crippen LogP contribution in [0.2, 0.25) is 0 Å². The van der Waals surface area contributed by atoms with Crippen LogP contribution in [0, 0.1) is 24.6 Å². The Kier molecular flexibility index (Phi) is 5.86. The van der Waals surface area contributed by atoms with Gasteiger partial charge in [-0.05, 0) is 30.9 Å². The van der Waals surface area contributed by atoms with Gasteiger partial charge in [0.2, 0.25) is 10.0 Å². The molecule has 21 heavy (non-hydrogen) atoms. The molecule has 0 aliphatic heterocycles. The first-order chi connectivity index (χ1) is 9.65. The number of benzene rings is 1. The van der Waals surface area contributed by atoms with Crippen molar-refractivity contribution in [2.75, 3.05) is 6.54 Å². The van der Waals surface area contributed by atoms with Crippen molar-refractivity contribution in [3.63, 3.8) is 0 Å². The van der Waals surface area contributed by atoms with Crippen LogP contribution in [-0.2, 0) is 14.8 Å². The summed E-state index contributed by atoms with van der Waals surface area (Å²) in [5.41, 5.74) is 0.217. The van der Waals surface area contributed by atoms with E-state index >= 15 is 0 Å². The molecule has 0 bridgehead atoms. The number of aliphatic carboxylic acids is 1. The summed E-state index contributed by atoms with van der Waals surface area (Å²) in [5.74, 6) is -2.61. The standard InChI is InChI=1S/C14H20FNO4S/c1-9(2)7-11(14(17)18)8-16-21(19,20)12-6-4-5-10(3)13(12)15/h4-6,9,11,16H,7-8H2,1-3H3,(H,17,18). The zero-order valence-electron chi connectivity index (χ0n) is 12.3. The molecule has 1 aromatic rings. The molecule has 0 amide bonds. The van der Waals surface area contributed by atoms with Gasteiger partial charge in [-0.15, -0.1) is 0 Å². The molecule has 7 heteroatoms. The van der Waals surface area contributed by atoms with Crippen LogP contribution in [0.3, 0.4) is 0 Å². The third-order valence-electron chi connectivity index (χ3n) is 3.07. The number of carboxylic acid groups (broad SMARTS) is 1. The molecule has 118 valence electrons. The Morgan fingerprint density at radius 1 is 1.38 bits per heavy atom. The Morgan fingerprint density at radius 3 is 2.52 bits per heavy atom. The number of rotatable bonds is 7. The van der Waals surface area contributed by atoms with Crippen molar-refractivity contribution in [2.45, 2.75) is 32.1 Å². The van der Waals surface area contributed by atoms with Crippen LogP contribution >= 0.6 is 0 Å². The summed E-state index contributed by atoms with van der Waals surface area (Å²) in [5, 5.41) is 9.08. The van der Waals surface area contributed by atoms with Crippen LogP contribution in [0.15, 0.2) is 23.1 Å². The molecular formula is C14H20FNO4S. The SMILES string of the molecule is Cc1cccc(S(=O)(=O)NCC(CC(C)C)C(=O)O)c1F. The van der Waals surface area contributed by atoms with Crippen molar-refractivity contribution in [1.29, 1.82) is 0 Å². The van der Waals surface area contributed by atoms with Crippen molar-refractivity contribution in [2.24, 2.45) is 11.8 Å². The number of hydrogen-bond donors (Lipinski definition) is 2. The molecule has 0 aliphatic rings. The normalized spacial score (nSPS) is 13.4. The van der Waals surface area contributed by atoms with Gasteiger partial charge in [-0.25, -0.2) is 17.5 Å². The zero-order chi connectivity index (χ0) is 16.2. The first-order valence-electron chi connectivity index (χ1n) is 6.62. The predicted octanol–water partition coefficient (Wildman–Crippen LogP) is 2.16. The van der Waals surface area contributed by atoms with Gasteiger partial charge in [-0.1, -0.05) is 26.0 Å². The molecular weight excluding hydrogens is 297 g/mol. The van der Waals surface area contributed by atoms with E-state index in [1.807, 2.05) is 13.8 Å². The van der Waals surface area contributed by atoms with Gasteiger partial charge in [0.05, 0.1) is 5.92 Å². The van der Waals surface area contributed by atoms with E-state index in [0.29, 0.717) is 6.42 Å². The van der Waals surface area contributed by atoms with Crippen LogP contribution in [0.25, 0.3) is 0 Å². The van der Waals surface area contributed by atoms with E-state index in [0.717, 1.165) is 6.07 Å². The Morgan fingerprint density at radius 2 is 2.00 bits per heavy atom. The lowest BCUT2D eigenvalue weighted by atomic mass is 9.98. The Balaban J connectivity index is 2.90. The average Bonchev–Trinajstić information content (AvgIpc) is 2.36. The quantitative estimate of drug-likeness (QED) is 0.807. The molecule has 1 atom stereocenters. The van der Waals surface area contributed by atoms with Gasteiger partial charge in [0.1, 0.15) is 10.7 Å². The van der Waals surface area contributed by atoms with Gasteiger partial charge < -0.3 is 5.11 Å². The highest BCUT2D eigenvalue weighted by atomic mass is 32.2. The second-order valence-electron chi connectivity index (χ2n) is 5.40. The molecule has 5 nitrogen and oxygen atoms in total. The minimum absolute atomic E-state index is 0.117. The second kappa shape index (κ2) is 7.00. The summed E-state index contributed by atoms with van der Waals surface area (Å²) in [6.45, 7) is 4.91. The van der Waals surface area contributed by atoms with Crippen molar-refractivity contribution >= 4 is 16.0 Å². The molecule has 0 radical (unpaired) electrons. The maximum atomic E-state index is 13.9. The number of sulfonamides is 1.